The third-order valence-electron chi connectivity index (χ3n) is 3.21. The first-order valence-electron chi connectivity index (χ1n) is 6.44. The molecule has 1 heterocycles. The maximum atomic E-state index is 12.4. The van der Waals surface area contributed by atoms with Gasteiger partial charge in [0.25, 0.3) is 0 Å². The number of anilines is 1. The van der Waals surface area contributed by atoms with Gasteiger partial charge < -0.3 is 5.73 Å². The SMILES string of the molecule is Cc1nccc(CNS(=O)(=O)c2cc(N)cc(C)c2C)n1. The van der Waals surface area contributed by atoms with Crippen molar-refractivity contribution in [2.75, 3.05) is 5.73 Å². The van der Waals surface area contributed by atoms with Gasteiger partial charge in [0.05, 0.1) is 17.1 Å². The van der Waals surface area contributed by atoms with Gasteiger partial charge in [-0.05, 0) is 50.1 Å². The molecule has 0 saturated heterocycles. The molecule has 21 heavy (non-hydrogen) atoms. The van der Waals surface area contributed by atoms with E-state index in [4.69, 9.17) is 5.73 Å². The molecule has 1 aromatic carbocycles. The first-order valence-corrected chi connectivity index (χ1v) is 7.93. The lowest BCUT2D eigenvalue weighted by Gasteiger charge is -2.12. The smallest absolute Gasteiger partial charge is 0.241 e. The van der Waals surface area contributed by atoms with E-state index in [0.29, 0.717) is 22.8 Å². The Hall–Kier alpha value is -1.99. The van der Waals surface area contributed by atoms with Crippen LogP contribution in [0.25, 0.3) is 0 Å². The number of nitrogens with one attached hydrogen (secondary N) is 1. The maximum Gasteiger partial charge on any atom is 0.241 e. The Bertz CT molecular complexity index is 773. The van der Waals surface area contributed by atoms with Gasteiger partial charge in [0.1, 0.15) is 5.82 Å². The lowest BCUT2D eigenvalue weighted by molar-refractivity contribution is 0.579. The van der Waals surface area contributed by atoms with E-state index in [1.165, 1.54) is 6.07 Å². The fourth-order valence-electron chi connectivity index (χ4n) is 1.98. The van der Waals surface area contributed by atoms with Crippen molar-refractivity contribution in [2.45, 2.75) is 32.2 Å². The van der Waals surface area contributed by atoms with Crippen LogP contribution in [0.5, 0.6) is 0 Å². The number of hydrogen-bond donors (Lipinski definition) is 2. The number of sulfonamides is 1. The average molecular weight is 306 g/mol. The highest BCUT2D eigenvalue weighted by Crippen LogP contribution is 2.22. The second-order valence-corrected chi connectivity index (χ2v) is 6.62. The lowest BCUT2D eigenvalue weighted by Crippen LogP contribution is -2.25. The Labute approximate surface area is 124 Å². The van der Waals surface area contributed by atoms with E-state index in [0.717, 1.165) is 5.56 Å². The molecule has 0 aliphatic heterocycles. The van der Waals surface area contributed by atoms with Gasteiger partial charge in [-0.1, -0.05) is 0 Å². The Morgan fingerprint density at radius 3 is 2.62 bits per heavy atom. The van der Waals surface area contributed by atoms with Crippen molar-refractivity contribution in [3.05, 3.63) is 47.0 Å². The topological polar surface area (TPSA) is 98.0 Å². The number of nitrogens with zero attached hydrogens (tertiary/aromatic N) is 2. The van der Waals surface area contributed by atoms with E-state index in [9.17, 15) is 8.42 Å². The van der Waals surface area contributed by atoms with Crippen LogP contribution >= 0.6 is 0 Å². The van der Waals surface area contributed by atoms with Crippen LogP contribution in [-0.2, 0) is 16.6 Å². The number of hydrogen-bond acceptors (Lipinski definition) is 5. The predicted octanol–water partition coefficient (Wildman–Crippen LogP) is 1.46. The van der Waals surface area contributed by atoms with Gasteiger partial charge in [-0.2, -0.15) is 0 Å². The molecule has 0 fully saturated rings. The molecular weight excluding hydrogens is 288 g/mol. The highest BCUT2D eigenvalue weighted by molar-refractivity contribution is 7.89. The fourth-order valence-corrected chi connectivity index (χ4v) is 3.33. The zero-order valence-electron chi connectivity index (χ0n) is 12.2. The molecule has 0 radical (unpaired) electrons. The van der Waals surface area contributed by atoms with Gasteiger partial charge in [0, 0.05) is 11.9 Å². The molecule has 0 unspecified atom stereocenters. The molecule has 6 nitrogen and oxygen atoms in total. The van der Waals surface area contributed by atoms with E-state index >= 15 is 0 Å². The van der Waals surface area contributed by atoms with Crippen molar-refractivity contribution < 1.29 is 8.42 Å². The number of aryl methyl sites for hydroxylation is 2. The minimum atomic E-state index is -3.64. The van der Waals surface area contributed by atoms with Gasteiger partial charge in [-0.3, -0.25) is 0 Å². The average Bonchev–Trinajstić information content (AvgIpc) is 2.41. The third kappa shape index (κ3) is 3.56. The zero-order chi connectivity index (χ0) is 15.6. The van der Waals surface area contributed by atoms with E-state index in [2.05, 4.69) is 14.7 Å². The zero-order valence-corrected chi connectivity index (χ0v) is 13.0. The minimum absolute atomic E-state index is 0.110. The molecule has 0 bridgehead atoms. The number of aromatic nitrogens is 2. The van der Waals surface area contributed by atoms with E-state index in [1.807, 2.05) is 6.92 Å². The molecule has 0 aliphatic rings. The van der Waals surface area contributed by atoms with E-state index in [1.54, 1.807) is 32.2 Å². The number of benzene rings is 1. The van der Waals surface area contributed by atoms with Crippen LogP contribution in [0.1, 0.15) is 22.6 Å². The van der Waals surface area contributed by atoms with Crippen LogP contribution in [0, 0.1) is 20.8 Å². The lowest BCUT2D eigenvalue weighted by atomic mass is 10.1. The van der Waals surface area contributed by atoms with Gasteiger partial charge in [0.15, 0.2) is 0 Å². The van der Waals surface area contributed by atoms with Crippen LogP contribution < -0.4 is 10.5 Å². The predicted molar refractivity (Wildman–Crippen MR) is 81.1 cm³/mol. The summed E-state index contributed by atoms with van der Waals surface area (Å²) >= 11 is 0. The van der Waals surface area contributed by atoms with Crippen molar-refractivity contribution in [2.24, 2.45) is 0 Å². The molecule has 0 saturated carbocycles. The quantitative estimate of drug-likeness (QED) is 0.833. The molecule has 7 heteroatoms. The van der Waals surface area contributed by atoms with Crippen LogP contribution in [0.3, 0.4) is 0 Å². The summed E-state index contributed by atoms with van der Waals surface area (Å²) in [6, 6.07) is 4.89. The molecule has 2 rings (SSSR count). The summed E-state index contributed by atoms with van der Waals surface area (Å²) in [6.45, 7) is 5.46. The largest absolute Gasteiger partial charge is 0.399 e. The molecule has 0 spiro atoms. The van der Waals surface area contributed by atoms with Crippen molar-refractivity contribution in [3.8, 4) is 0 Å². The summed E-state index contributed by atoms with van der Waals surface area (Å²) in [4.78, 5) is 8.34. The summed E-state index contributed by atoms with van der Waals surface area (Å²) in [5, 5.41) is 0. The van der Waals surface area contributed by atoms with Gasteiger partial charge in [0.2, 0.25) is 10.0 Å². The second kappa shape index (κ2) is 5.79. The third-order valence-corrected chi connectivity index (χ3v) is 4.74. The normalized spacial score (nSPS) is 11.6. The molecule has 0 aliphatic carbocycles. The summed E-state index contributed by atoms with van der Waals surface area (Å²) in [5.74, 6) is 0.600. The molecule has 0 amide bonds. The number of nitrogen functional groups attached to an aromatic ring is 1. The number of rotatable bonds is 4. The molecule has 3 N–H and O–H groups in total. The summed E-state index contributed by atoms with van der Waals surface area (Å²) < 4.78 is 27.4. The summed E-state index contributed by atoms with van der Waals surface area (Å²) in [6.07, 6.45) is 1.60. The second-order valence-electron chi connectivity index (χ2n) is 4.88. The van der Waals surface area contributed by atoms with E-state index in [-0.39, 0.29) is 11.4 Å². The molecular formula is C14H18N4O2S. The molecule has 2 aromatic rings. The highest BCUT2D eigenvalue weighted by atomic mass is 32.2. The van der Waals surface area contributed by atoms with Crippen LogP contribution in [0.2, 0.25) is 0 Å². The monoisotopic (exact) mass is 306 g/mol. The van der Waals surface area contributed by atoms with Gasteiger partial charge >= 0.3 is 0 Å². The van der Waals surface area contributed by atoms with Crippen LogP contribution in [-0.4, -0.2) is 18.4 Å². The first-order chi connectivity index (χ1) is 9.79. The summed E-state index contributed by atoms with van der Waals surface area (Å²) in [5.41, 5.74) is 8.31. The first kappa shape index (κ1) is 15.4. The fraction of sp³-hybridized carbons (Fsp3) is 0.286. The standard InChI is InChI=1S/C14H18N4O2S/c1-9-6-12(15)7-14(10(9)2)21(19,20)17-8-13-4-5-16-11(3)18-13/h4-7,17H,8,15H2,1-3H3. The maximum absolute atomic E-state index is 12.4. The Balaban J connectivity index is 2.27. The van der Waals surface area contributed by atoms with Crippen molar-refractivity contribution in [1.29, 1.82) is 0 Å². The van der Waals surface area contributed by atoms with Crippen molar-refractivity contribution in [1.82, 2.24) is 14.7 Å². The van der Waals surface area contributed by atoms with Crippen molar-refractivity contribution >= 4 is 15.7 Å². The minimum Gasteiger partial charge on any atom is -0.399 e. The molecule has 0 atom stereocenters. The van der Waals surface area contributed by atoms with Gasteiger partial charge in [-0.15, -0.1) is 0 Å². The Morgan fingerprint density at radius 2 is 1.95 bits per heavy atom. The van der Waals surface area contributed by atoms with E-state index < -0.39 is 10.0 Å². The van der Waals surface area contributed by atoms with Crippen molar-refractivity contribution in [3.63, 3.8) is 0 Å². The summed E-state index contributed by atoms with van der Waals surface area (Å²) in [7, 11) is -3.64. The number of nitrogens with two attached hydrogens (primary N) is 1. The van der Waals surface area contributed by atoms with Crippen LogP contribution in [0.15, 0.2) is 29.3 Å². The Kier molecular flexibility index (Phi) is 4.24. The molecule has 112 valence electrons. The molecule has 1 aromatic heterocycles. The Morgan fingerprint density at radius 1 is 1.24 bits per heavy atom. The van der Waals surface area contributed by atoms with Crippen LogP contribution in [0.4, 0.5) is 5.69 Å². The van der Waals surface area contributed by atoms with Gasteiger partial charge in [-0.25, -0.2) is 23.1 Å². The highest BCUT2D eigenvalue weighted by Gasteiger charge is 2.18.